The molecular weight excluding hydrogens is 384 g/mol. The molecule has 0 heterocycles. The van der Waals surface area contributed by atoms with Crippen LogP contribution < -0.4 is 9.79 Å². The third-order valence-electron chi connectivity index (χ3n) is 0.133. The van der Waals surface area contributed by atoms with Gasteiger partial charge >= 0.3 is 37.6 Å². The molecule has 9 heteroatoms. The van der Waals surface area contributed by atoms with Gasteiger partial charge in [0.05, 0.1) is 0 Å². The van der Waals surface area contributed by atoms with E-state index in [1.165, 1.54) is 6.38 Å². The SMILES string of the molecule is CCl.O=[P+]([O-])O[P+](=O)[O-].[Pt+2]. The molecule has 0 saturated carbocycles. The Hall–Kier alpha value is 1.06. The Morgan fingerprint density at radius 3 is 1.40 bits per heavy atom. The fourth-order valence-electron chi connectivity index (χ4n) is 0.0544. The topological polar surface area (TPSA) is 89.5 Å². The summed E-state index contributed by atoms with van der Waals surface area (Å²) in [6.07, 6.45) is 1.47. The Bertz CT molecular complexity index is 95.8. The number of halogens is 1. The predicted molar refractivity (Wildman–Crippen MR) is 28.1 cm³/mol. The van der Waals surface area contributed by atoms with Crippen molar-refractivity contribution in [1.82, 2.24) is 0 Å². The molecule has 0 rings (SSSR count). The summed E-state index contributed by atoms with van der Waals surface area (Å²) in [4.78, 5) is 18.5. The van der Waals surface area contributed by atoms with Crippen LogP contribution in [-0.4, -0.2) is 6.38 Å². The number of rotatable bonds is 2. The van der Waals surface area contributed by atoms with Crippen LogP contribution in [0.15, 0.2) is 0 Å². The van der Waals surface area contributed by atoms with Crippen LogP contribution in [0, 0.1) is 0 Å². The van der Waals surface area contributed by atoms with Gasteiger partial charge in [-0.2, -0.15) is 0 Å². The molecule has 0 aromatic carbocycles. The van der Waals surface area contributed by atoms with Crippen LogP contribution in [0.25, 0.3) is 0 Å². The molecule has 0 aliphatic heterocycles. The molecular formula is CH3ClO5P2Pt+2. The zero-order valence-corrected chi connectivity index (χ0v) is 9.45. The maximum atomic E-state index is 9.24. The van der Waals surface area contributed by atoms with Crippen LogP contribution in [0.3, 0.4) is 0 Å². The third kappa shape index (κ3) is 23.0. The smallest absolute Gasteiger partial charge is 0.563 e. The van der Waals surface area contributed by atoms with Gasteiger partial charge in [-0.1, -0.05) is 0 Å². The van der Waals surface area contributed by atoms with Crippen LogP contribution in [-0.2, 0) is 34.5 Å². The van der Waals surface area contributed by atoms with Crippen molar-refractivity contribution in [2.45, 2.75) is 0 Å². The fraction of sp³-hybridized carbons (Fsp3) is 1.00. The Labute approximate surface area is 78.9 Å². The minimum Gasteiger partial charge on any atom is -0.563 e. The average molecular weight is 388 g/mol. The maximum Gasteiger partial charge on any atom is 2.00 e. The van der Waals surface area contributed by atoms with Crippen molar-refractivity contribution >= 4 is 28.1 Å². The van der Waals surface area contributed by atoms with E-state index in [4.69, 9.17) is 0 Å². The molecule has 0 aliphatic carbocycles. The second-order valence-electron chi connectivity index (χ2n) is 0.529. The summed E-state index contributed by atoms with van der Waals surface area (Å²) in [7, 11) is -6.47. The van der Waals surface area contributed by atoms with Gasteiger partial charge in [-0.05, 0) is 9.13 Å². The van der Waals surface area contributed by atoms with Gasteiger partial charge in [-0.3, -0.25) is 0 Å². The first kappa shape index (κ1) is 17.2. The molecule has 0 aromatic heterocycles. The molecule has 10 heavy (non-hydrogen) atoms. The molecule has 0 amide bonds. The Morgan fingerprint density at radius 2 is 1.40 bits per heavy atom. The molecule has 0 aromatic rings. The molecule has 2 atom stereocenters. The Morgan fingerprint density at radius 1 is 1.20 bits per heavy atom. The molecule has 0 bridgehead atoms. The molecule has 2 unspecified atom stereocenters. The van der Waals surface area contributed by atoms with Crippen molar-refractivity contribution in [3.63, 3.8) is 0 Å². The van der Waals surface area contributed by atoms with Crippen LogP contribution in [0.5, 0.6) is 0 Å². The third-order valence-corrected chi connectivity index (χ3v) is 1.20. The van der Waals surface area contributed by atoms with Crippen LogP contribution >= 0.6 is 28.1 Å². The molecule has 0 radical (unpaired) electrons. The number of alkyl halides is 1. The largest absolute Gasteiger partial charge is 2.00 e. The van der Waals surface area contributed by atoms with E-state index >= 15 is 0 Å². The van der Waals surface area contributed by atoms with Gasteiger partial charge < -0.3 is 9.79 Å². The van der Waals surface area contributed by atoms with E-state index in [1.54, 1.807) is 0 Å². The molecule has 0 fully saturated rings. The maximum absolute atomic E-state index is 9.24. The van der Waals surface area contributed by atoms with Gasteiger partial charge in [-0.15, -0.1) is 11.6 Å². The zero-order valence-electron chi connectivity index (χ0n) is 4.63. The molecule has 0 N–H and O–H groups in total. The first-order valence-corrected chi connectivity index (χ1v) is 4.42. The Kier molecular flexibility index (Phi) is 21.9. The predicted octanol–water partition coefficient (Wildman–Crippen LogP) is -0.109. The summed E-state index contributed by atoms with van der Waals surface area (Å²) < 4.78 is 21.6. The Balaban J connectivity index is -0.000000149. The second kappa shape index (κ2) is 12.7. The van der Waals surface area contributed by atoms with Crippen molar-refractivity contribution in [2.75, 3.05) is 6.38 Å². The number of hydrogen-bond acceptors (Lipinski definition) is 5. The van der Waals surface area contributed by atoms with Crippen molar-refractivity contribution in [3.05, 3.63) is 0 Å². The van der Waals surface area contributed by atoms with E-state index in [9.17, 15) is 18.9 Å². The summed E-state index contributed by atoms with van der Waals surface area (Å²) in [6, 6.07) is 0. The van der Waals surface area contributed by atoms with E-state index in [-0.39, 0.29) is 21.1 Å². The summed E-state index contributed by atoms with van der Waals surface area (Å²) in [5, 5.41) is 0. The quantitative estimate of drug-likeness (QED) is 0.487. The van der Waals surface area contributed by atoms with Gasteiger partial charge in [0, 0.05) is 6.38 Å². The summed E-state index contributed by atoms with van der Waals surface area (Å²) in [5.41, 5.74) is 0. The molecule has 62 valence electrons. The fourth-order valence-corrected chi connectivity index (χ4v) is 0.490. The van der Waals surface area contributed by atoms with Crippen molar-refractivity contribution in [3.8, 4) is 0 Å². The van der Waals surface area contributed by atoms with Gasteiger partial charge in [0.25, 0.3) is 0 Å². The van der Waals surface area contributed by atoms with Crippen molar-refractivity contribution in [2.24, 2.45) is 0 Å². The molecule has 0 aliphatic rings. The van der Waals surface area contributed by atoms with Gasteiger partial charge in [0.2, 0.25) is 0 Å². The van der Waals surface area contributed by atoms with E-state index in [0.29, 0.717) is 0 Å². The average Bonchev–Trinajstić information content (AvgIpc) is 1.68. The van der Waals surface area contributed by atoms with Crippen molar-refractivity contribution < 1.29 is 44.3 Å². The van der Waals surface area contributed by atoms with Crippen LogP contribution in [0.1, 0.15) is 0 Å². The van der Waals surface area contributed by atoms with Crippen LogP contribution in [0.4, 0.5) is 0 Å². The molecule has 0 spiro atoms. The monoisotopic (exact) mass is 387 g/mol. The van der Waals surface area contributed by atoms with Crippen molar-refractivity contribution in [1.29, 1.82) is 0 Å². The second-order valence-corrected chi connectivity index (χ2v) is 2.08. The summed E-state index contributed by atoms with van der Waals surface area (Å²) >= 11 is 4.64. The van der Waals surface area contributed by atoms with Gasteiger partial charge in [0.1, 0.15) is 4.31 Å². The molecule has 0 saturated heterocycles. The minimum absolute atomic E-state index is 0. The van der Waals surface area contributed by atoms with Gasteiger partial charge in [0.15, 0.2) is 0 Å². The van der Waals surface area contributed by atoms with E-state index in [0.717, 1.165) is 0 Å². The van der Waals surface area contributed by atoms with Gasteiger partial charge in [-0.25, -0.2) is 0 Å². The minimum atomic E-state index is -3.24. The number of hydrogen-bond donors (Lipinski definition) is 0. The molecule has 5 nitrogen and oxygen atoms in total. The van der Waals surface area contributed by atoms with E-state index in [2.05, 4.69) is 15.9 Å². The van der Waals surface area contributed by atoms with E-state index < -0.39 is 16.5 Å². The standard InChI is InChI=1S/CH3Cl.O5P2.Pt/c1-2;1-6(2)5-7(3)4;/h1H3;;/q;;+2. The summed E-state index contributed by atoms with van der Waals surface area (Å²) in [5.74, 6) is 0. The first-order chi connectivity index (χ1) is 4.13. The first-order valence-electron chi connectivity index (χ1n) is 1.47. The summed E-state index contributed by atoms with van der Waals surface area (Å²) in [6.45, 7) is 0. The van der Waals surface area contributed by atoms with Crippen LogP contribution in [0.2, 0.25) is 0 Å². The normalized spacial score (nSPS) is 10.0. The van der Waals surface area contributed by atoms with E-state index in [1.807, 2.05) is 0 Å². The zero-order chi connectivity index (χ0) is 7.86.